The molecule has 0 aromatic rings. The first-order chi connectivity index (χ1) is 7.53. The minimum atomic E-state index is -0.120. The van der Waals surface area contributed by atoms with Gasteiger partial charge in [-0.2, -0.15) is 0 Å². The van der Waals surface area contributed by atoms with Gasteiger partial charge in [-0.05, 0) is 31.2 Å². The van der Waals surface area contributed by atoms with E-state index in [-0.39, 0.29) is 24.5 Å². The molecule has 1 unspecified atom stereocenters. The van der Waals surface area contributed by atoms with E-state index < -0.39 is 0 Å². The summed E-state index contributed by atoms with van der Waals surface area (Å²) >= 11 is 0. The number of carbonyl (C=O) groups excluding carboxylic acids is 1. The largest absolute Gasteiger partial charge is 0.394 e. The van der Waals surface area contributed by atoms with Crippen LogP contribution in [0.4, 0.5) is 0 Å². The Balaban J connectivity index is 3.99. The van der Waals surface area contributed by atoms with E-state index >= 15 is 0 Å². The molecule has 4 nitrogen and oxygen atoms in total. The molecule has 1 amide bonds. The molecule has 0 aliphatic rings. The van der Waals surface area contributed by atoms with Crippen LogP contribution in [0.15, 0.2) is 0 Å². The summed E-state index contributed by atoms with van der Waals surface area (Å²) in [5, 5.41) is 11.8. The molecule has 2 atom stereocenters. The molecule has 0 aliphatic carbocycles. The number of hydrogen-bond donors (Lipinski definition) is 3. The Hall–Kier alpha value is -0.610. The van der Waals surface area contributed by atoms with Gasteiger partial charge in [-0.1, -0.05) is 20.8 Å². The number of nitrogens with one attached hydrogen (secondary N) is 1. The van der Waals surface area contributed by atoms with Gasteiger partial charge < -0.3 is 16.2 Å². The quantitative estimate of drug-likeness (QED) is 0.579. The van der Waals surface area contributed by atoms with Crippen molar-refractivity contribution in [1.82, 2.24) is 5.32 Å². The summed E-state index contributed by atoms with van der Waals surface area (Å²) < 4.78 is 0. The van der Waals surface area contributed by atoms with Crippen molar-refractivity contribution < 1.29 is 9.90 Å². The van der Waals surface area contributed by atoms with Crippen LogP contribution in [0.2, 0.25) is 0 Å². The van der Waals surface area contributed by atoms with Crippen molar-refractivity contribution in [3.63, 3.8) is 0 Å². The number of carbonyl (C=O) groups is 1. The lowest BCUT2D eigenvalue weighted by atomic mass is 9.94. The van der Waals surface area contributed by atoms with Crippen LogP contribution in [0.5, 0.6) is 0 Å². The molecule has 16 heavy (non-hydrogen) atoms. The van der Waals surface area contributed by atoms with Crippen LogP contribution in [-0.4, -0.2) is 30.2 Å². The van der Waals surface area contributed by atoms with Crippen molar-refractivity contribution >= 4 is 5.91 Å². The first-order valence-electron chi connectivity index (χ1n) is 6.13. The molecular formula is C12H26N2O2. The summed E-state index contributed by atoms with van der Waals surface area (Å²) in [6.45, 7) is 6.74. The smallest absolute Gasteiger partial charge is 0.220 e. The summed E-state index contributed by atoms with van der Waals surface area (Å²) in [6.07, 6.45) is 2.19. The summed E-state index contributed by atoms with van der Waals surface area (Å²) in [6, 6.07) is -0.120. The molecule has 0 heterocycles. The number of rotatable bonds is 8. The number of aliphatic hydroxyl groups excluding tert-OH is 1. The average molecular weight is 230 g/mol. The monoisotopic (exact) mass is 230 g/mol. The summed E-state index contributed by atoms with van der Waals surface area (Å²) in [5.41, 5.74) is 5.64. The van der Waals surface area contributed by atoms with Crippen molar-refractivity contribution in [3.05, 3.63) is 0 Å². The Bertz CT molecular complexity index is 191. The third kappa shape index (κ3) is 6.80. The molecule has 4 heteroatoms. The van der Waals surface area contributed by atoms with E-state index in [4.69, 9.17) is 10.8 Å². The minimum absolute atomic E-state index is 0.000285. The number of aliphatic hydroxyl groups is 1. The van der Waals surface area contributed by atoms with Gasteiger partial charge in [-0.15, -0.1) is 0 Å². The fourth-order valence-corrected chi connectivity index (χ4v) is 1.76. The van der Waals surface area contributed by atoms with E-state index in [2.05, 4.69) is 19.2 Å². The van der Waals surface area contributed by atoms with Gasteiger partial charge in [0.25, 0.3) is 0 Å². The molecule has 0 spiro atoms. The maximum Gasteiger partial charge on any atom is 0.220 e. The molecule has 0 saturated carbocycles. The van der Waals surface area contributed by atoms with Gasteiger partial charge >= 0.3 is 0 Å². The zero-order valence-corrected chi connectivity index (χ0v) is 10.7. The van der Waals surface area contributed by atoms with Gasteiger partial charge in [-0.25, -0.2) is 0 Å². The van der Waals surface area contributed by atoms with Gasteiger partial charge in [0.1, 0.15) is 0 Å². The fraction of sp³-hybridized carbons (Fsp3) is 0.917. The molecule has 0 aromatic heterocycles. The third-order valence-corrected chi connectivity index (χ3v) is 2.69. The van der Waals surface area contributed by atoms with E-state index in [1.807, 2.05) is 6.92 Å². The van der Waals surface area contributed by atoms with Crippen molar-refractivity contribution in [1.29, 1.82) is 0 Å². The zero-order chi connectivity index (χ0) is 12.6. The van der Waals surface area contributed by atoms with Crippen LogP contribution in [0.25, 0.3) is 0 Å². The predicted octanol–water partition coefficient (Wildman–Crippen LogP) is 0.885. The molecule has 0 aromatic carbocycles. The second-order valence-corrected chi connectivity index (χ2v) is 4.79. The maximum atomic E-state index is 11.6. The molecule has 0 rings (SSSR count). The molecule has 4 N–H and O–H groups in total. The van der Waals surface area contributed by atoms with E-state index in [1.165, 1.54) is 0 Å². The lowest BCUT2D eigenvalue weighted by molar-refractivity contribution is -0.123. The SMILES string of the molecule is CC[C@H](CO)NC(=O)CC(CN)CC(C)C. The van der Waals surface area contributed by atoms with Crippen molar-refractivity contribution in [2.24, 2.45) is 17.6 Å². The fourth-order valence-electron chi connectivity index (χ4n) is 1.76. The standard InChI is InChI=1S/C12H26N2O2/c1-4-11(8-15)14-12(16)6-10(7-13)5-9(2)3/h9-11,15H,4-8,13H2,1-3H3,(H,14,16)/t10?,11-/m1/s1. The van der Waals surface area contributed by atoms with Crippen molar-refractivity contribution in [2.45, 2.75) is 46.1 Å². The number of amides is 1. The minimum Gasteiger partial charge on any atom is -0.394 e. The number of nitrogens with two attached hydrogens (primary N) is 1. The van der Waals surface area contributed by atoms with Crippen molar-refractivity contribution in [2.75, 3.05) is 13.2 Å². The molecule has 0 aliphatic heterocycles. The first kappa shape index (κ1) is 15.4. The topological polar surface area (TPSA) is 75.3 Å². The van der Waals surface area contributed by atoms with Crippen LogP contribution in [0.1, 0.15) is 40.0 Å². The lowest BCUT2D eigenvalue weighted by Crippen LogP contribution is -2.38. The highest BCUT2D eigenvalue weighted by Gasteiger charge is 2.16. The Labute approximate surface area is 98.6 Å². The Morgan fingerprint density at radius 1 is 1.44 bits per heavy atom. The van der Waals surface area contributed by atoms with E-state index in [9.17, 15) is 4.79 Å². The van der Waals surface area contributed by atoms with Gasteiger partial charge in [0.15, 0.2) is 0 Å². The van der Waals surface area contributed by atoms with Crippen molar-refractivity contribution in [3.8, 4) is 0 Å². The van der Waals surface area contributed by atoms with Crippen LogP contribution in [-0.2, 0) is 4.79 Å². The molecule has 0 bridgehead atoms. The van der Waals surface area contributed by atoms with Gasteiger partial charge in [0.05, 0.1) is 12.6 Å². The highest BCUT2D eigenvalue weighted by atomic mass is 16.3. The van der Waals surface area contributed by atoms with E-state index in [0.29, 0.717) is 18.9 Å². The van der Waals surface area contributed by atoms with Crippen LogP contribution in [0, 0.1) is 11.8 Å². The number of hydrogen-bond acceptors (Lipinski definition) is 3. The van der Waals surface area contributed by atoms with Crippen LogP contribution < -0.4 is 11.1 Å². The van der Waals surface area contributed by atoms with Crippen LogP contribution >= 0.6 is 0 Å². The Morgan fingerprint density at radius 2 is 2.06 bits per heavy atom. The first-order valence-corrected chi connectivity index (χ1v) is 6.13. The van der Waals surface area contributed by atoms with E-state index in [1.54, 1.807) is 0 Å². The average Bonchev–Trinajstić information content (AvgIpc) is 2.24. The second kappa shape index (κ2) is 8.53. The Morgan fingerprint density at radius 3 is 2.44 bits per heavy atom. The normalized spacial score (nSPS) is 14.9. The third-order valence-electron chi connectivity index (χ3n) is 2.69. The molecular weight excluding hydrogens is 204 g/mol. The molecule has 96 valence electrons. The molecule has 0 radical (unpaired) electrons. The highest BCUT2D eigenvalue weighted by molar-refractivity contribution is 5.76. The van der Waals surface area contributed by atoms with E-state index in [0.717, 1.165) is 12.8 Å². The zero-order valence-electron chi connectivity index (χ0n) is 10.7. The predicted molar refractivity (Wildman–Crippen MR) is 65.9 cm³/mol. The molecule has 0 saturated heterocycles. The van der Waals surface area contributed by atoms with Gasteiger partial charge in [-0.3, -0.25) is 4.79 Å². The summed E-state index contributed by atoms with van der Waals surface area (Å²) in [4.78, 5) is 11.6. The molecule has 0 fully saturated rings. The summed E-state index contributed by atoms with van der Waals surface area (Å²) in [5.74, 6) is 0.800. The van der Waals surface area contributed by atoms with Gasteiger partial charge in [0, 0.05) is 6.42 Å². The highest BCUT2D eigenvalue weighted by Crippen LogP contribution is 2.14. The Kier molecular flexibility index (Phi) is 8.21. The maximum absolute atomic E-state index is 11.6. The summed E-state index contributed by atoms with van der Waals surface area (Å²) in [7, 11) is 0. The van der Waals surface area contributed by atoms with Gasteiger partial charge in [0.2, 0.25) is 5.91 Å². The van der Waals surface area contributed by atoms with Crippen LogP contribution in [0.3, 0.4) is 0 Å². The second-order valence-electron chi connectivity index (χ2n) is 4.79. The lowest BCUT2D eigenvalue weighted by Gasteiger charge is -2.19.